The maximum absolute atomic E-state index is 12.9. The average molecular weight is 425 g/mol. The van der Waals surface area contributed by atoms with Crippen LogP contribution in [0.5, 0.6) is 0 Å². The van der Waals surface area contributed by atoms with Gasteiger partial charge >= 0.3 is 0 Å². The molecule has 2 amide bonds. The molecule has 0 radical (unpaired) electrons. The van der Waals surface area contributed by atoms with E-state index in [9.17, 15) is 9.59 Å². The van der Waals surface area contributed by atoms with Crippen LogP contribution in [-0.2, 0) is 24.1 Å². The highest BCUT2D eigenvalue weighted by atomic mass is 16.2. The van der Waals surface area contributed by atoms with Gasteiger partial charge in [0, 0.05) is 24.1 Å². The van der Waals surface area contributed by atoms with Gasteiger partial charge in [0.2, 0.25) is 5.91 Å². The summed E-state index contributed by atoms with van der Waals surface area (Å²) in [5.74, 6) is 0.220. The summed E-state index contributed by atoms with van der Waals surface area (Å²) in [5, 5.41) is 6.16. The van der Waals surface area contributed by atoms with Gasteiger partial charge in [-0.2, -0.15) is 0 Å². The molecular formula is C28H28N2O2. The number of hydrogen-bond donors (Lipinski definition) is 2. The van der Waals surface area contributed by atoms with E-state index < -0.39 is 0 Å². The number of amides is 2. The first-order chi connectivity index (χ1) is 15.7. The van der Waals surface area contributed by atoms with Gasteiger partial charge < -0.3 is 10.6 Å². The van der Waals surface area contributed by atoms with Crippen molar-refractivity contribution in [1.82, 2.24) is 10.6 Å². The summed E-state index contributed by atoms with van der Waals surface area (Å²) >= 11 is 0. The van der Waals surface area contributed by atoms with Gasteiger partial charge in [-0.05, 0) is 72.1 Å². The second kappa shape index (κ2) is 8.99. The van der Waals surface area contributed by atoms with Crippen LogP contribution in [0.15, 0.2) is 72.8 Å². The molecule has 1 fully saturated rings. The first-order valence-corrected chi connectivity index (χ1v) is 11.5. The Balaban J connectivity index is 1.24. The Morgan fingerprint density at radius 2 is 1.66 bits per heavy atom. The van der Waals surface area contributed by atoms with E-state index >= 15 is 0 Å². The van der Waals surface area contributed by atoms with Crippen LogP contribution in [0.1, 0.15) is 39.9 Å². The molecule has 0 aromatic heterocycles. The summed E-state index contributed by atoms with van der Waals surface area (Å²) < 4.78 is 0. The van der Waals surface area contributed by atoms with Crippen LogP contribution in [0.2, 0.25) is 0 Å². The Morgan fingerprint density at radius 3 is 2.38 bits per heavy atom. The summed E-state index contributed by atoms with van der Waals surface area (Å²) in [4.78, 5) is 24.9. The van der Waals surface area contributed by atoms with Crippen molar-refractivity contribution < 1.29 is 9.59 Å². The molecule has 0 saturated carbocycles. The van der Waals surface area contributed by atoms with Gasteiger partial charge in [0.05, 0.1) is 0 Å². The molecule has 5 rings (SSSR count). The number of rotatable bonds is 5. The van der Waals surface area contributed by atoms with Gasteiger partial charge in [0.1, 0.15) is 0 Å². The zero-order valence-electron chi connectivity index (χ0n) is 18.1. The SMILES string of the molecule is O=C(NC1Cc2ccccc2C1)c1cccc(-c2ccc(CC3CCCNC3=O)cc2)c1. The maximum Gasteiger partial charge on any atom is 0.251 e. The fraction of sp³-hybridized carbons (Fsp3) is 0.286. The predicted molar refractivity (Wildman–Crippen MR) is 126 cm³/mol. The quantitative estimate of drug-likeness (QED) is 0.641. The van der Waals surface area contributed by atoms with Crippen LogP contribution in [0.25, 0.3) is 11.1 Å². The topological polar surface area (TPSA) is 58.2 Å². The van der Waals surface area contributed by atoms with Crippen LogP contribution < -0.4 is 10.6 Å². The molecule has 4 nitrogen and oxygen atoms in total. The fourth-order valence-corrected chi connectivity index (χ4v) is 4.92. The van der Waals surface area contributed by atoms with Crippen molar-refractivity contribution in [3.05, 3.63) is 95.1 Å². The second-order valence-corrected chi connectivity index (χ2v) is 8.96. The minimum Gasteiger partial charge on any atom is -0.356 e. The third-order valence-electron chi connectivity index (χ3n) is 6.68. The van der Waals surface area contributed by atoms with Gasteiger partial charge in [-0.1, -0.05) is 60.7 Å². The van der Waals surface area contributed by atoms with E-state index in [1.165, 1.54) is 16.7 Å². The highest BCUT2D eigenvalue weighted by Crippen LogP contribution is 2.25. The molecule has 1 aliphatic carbocycles. The lowest BCUT2D eigenvalue weighted by molar-refractivity contribution is -0.126. The Morgan fingerprint density at radius 1 is 0.906 bits per heavy atom. The van der Waals surface area contributed by atoms with Crippen molar-refractivity contribution >= 4 is 11.8 Å². The lowest BCUT2D eigenvalue weighted by Gasteiger charge is -2.21. The van der Waals surface area contributed by atoms with E-state index in [0.717, 1.165) is 49.8 Å². The smallest absolute Gasteiger partial charge is 0.251 e. The number of nitrogens with one attached hydrogen (secondary N) is 2. The number of carbonyl (C=O) groups is 2. The molecular weight excluding hydrogens is 396 g/mol. The minimum atomic E-state index is -0.0235. The van der Waals surface area contributed by atoms with Crippen LogP contribution in [0.3, 0.4) is 0 Å². The van der Waals surface area contributed by atoms with Crippen molar-refractivity contribution in [3.8, 4) is 11.1 Å². The molecule has 1 atom stereocenters. The van der Waals surface area contributed by atoms with E-state index in [1.807, 2.05) is 24.3 Å². The van der Waals surface area contributed by atoms with Crippen LogP contribution in [0.4, 0.5) is 0 Å². The van der Waals surface area contributed by atoms with Crippen molar-refractivity contribution in [1.29, 1.82) is 0 Å². The Labute approximate surface area is 189 Å². The van der Waals surface area contributed by atoms with E-state index in [0.29, 0.717) is 5.56 Å². The molecule has 3 aromatic carbocycles. The van der Waals surface area contributed by atoms with Gasteiger partial charge in [0.25, 0.3) is 5.91 Å². The maximum atomic E-state index is 12.9. The first kappa shape index (κ1) is 20.5. The molecule has 3 aromatic rings. The van der Waals surface area contributed by atoms with E-state index in [4.69, 9.17) is 0 Å². The van der Waals surface area contributed by atoms with Gasteiger partial charge in [0.15, 0.2) is 0 Å². The van der Waals surface area contributed by atoms with Crippen molar-refractivity contribution in [2.24, 2.45) is 5.92 Å². The second-order valence-electron chi connectivity index (χ2n) is 8.96. The molecule has 0 spiro atoms. The van der Waals surface area contributed by atoms with Crippen molar-refractivity contribution in [2.75, 3.05) is 6.54 Å². The molecule has 32 heavy (non-hydrogen) atoms. The van der Waals surface area contributed by atoms with Crippen molar-refractivity contribution in [3.63, 3.8) is 0 Å². The summed E-state index contributed by atoms with van der Waals surface area (Å²) in [5.41, 5.74) is 6.61. The largest absolute Gasteiger partial charge is 0.356 e. The molecule has 2 aliphatic rings. The monoisotopic (exact) mass is 424 g/mol. The predicted octanol–water partition coefficient (Wildman–Crippen LogP) is 4.32. The normalized spacial score (nSPS) is 18.1. The summed E-state index contributed by atoms with van der Waals surface area (Å²) in [6, 6.07) is 24.7. The third-order valence-corrected chi connectivity index (χ3v) is 6.68. The first-order valence-electron chi connectivity index (χ1n) is 11.5. The lowest BCUT2D eigenvalue weighted by atomic mass is 9.91. The Bertz CT molecular complexity index is 1110. The highest BCUT2D eigenvalue weighted by molar-refractivity contribution is 5.95. The molecule has 1 unspecified atom stereocenters. The summed E-state index contributed by atoms with van der Waals surface area (Å²) in [6.45, 7) is 0.797. The summed E-state index contributed by atoms with van der Waals surface area (Å²) in [6.07, 6.45) is 4.57. The number of benzene rings is 3. The average Bonchev–Trinajstić information content (AvgIpc) is 3.23. The molecule has 2 N–H and O–H groups in total. The number of piperidine rings is 1. The summed E-state index contributed by atoms with van der Waals surface area (Å²) in [7, 11) is 0. The molecule has 0 bridgehead atoms. The number of hydrogen-bond acceptors (Lipinski definition) is 2. The standard InChI is InChI=1S/C28H28N2O2/c31-27-24(9-4-14-29-27)15-19-10-12-20(13-11-19)21-7-3-8-25(16-21)28(32)30-26-17-22-5-1-2-6-23(22)18-26/h1-3,5-8,10-13,16,24,26H,4,9,14-15,17-18H2,(H,29,31)(H,30,32). The number of carbonyl (C=O) groups excluding carboxylic acids is 2. The molecule has 162 valence electrons. The molecule has 4 heteroatoms. The van der Waals surface area contributed by atoms with Crippen molar-refractivity contribution in [2.45, 2.75) is 38.1 Å². The Kier molecular flexibility index (Phi) is 5.76. The minimum absolute atomic E-state index is 0.0235. The zero-order chi connectivity index (χ0) is 21.9. The van der Waals surface area contributed by atoms with Gasteiger partial charge in [-0.3, -0.25) is 9.59 Å². The third kappa shape index (κ3) is 4.45. The lowest BCUT2D eigenvalue weighted by Crippen LogP contribution is -2.37. The van der Waals surface area contributed by atoms with E-state index in [2.05, 4.69) is 59.2 Å². The van der Waals surface area contributed by atoms with E-state index in [-0.39, 0.29) is 23.8 Å². The van der Waals surface area contributed by atoms with Gasteiger partial charge in [-0.15, -0.1) is 0 Å². The highest BCUT2D eigenvalue weighted by Gasteiger charge is 2.23. The number of fused-ring (bicyclic) bond motifs is 1. The fourth-order valence-electron chi connectivity index (χ4n) is 4.92. The Hall–Kier alpha value is -3.40. The van der Waals surface area contributed by atoms with Crippen LogP contribution >= 0.6 is 0 Å². The molecule has 1 aliphatic heterocycles. The molecule has 1 heterocycles. The van der Waals surface area contributed by atoms with Crippen LogP contribution in [0, 0.1) is 5.92 Å². The molecule has 1 saturated heterocycles. The van der Waals surface area contributed by atoms with Crippen LogP contribution in [-0.4, -0.2) is 24.4 Å². The zero-order valence-corrected chi connectivity index (χ0v) is 18.1. The van der Waals surface area contributed by atoms with E-state index in [1.54, 1.807) is 0 Å². The van der Waals surface area contributed by atoms with Gasteiger partial charge in [-0.25, -0.2) is 0 Å².